The van der Waals surface area contributed by atoms with E-state index in [1.54, 1.807) is 23.3 Å². The molecule has 2 unspecified atom stereocenters. The van der Waals surface area contributed by atoms with E-state index in [0.717, 1.165) is 19.4 Å². The smallest absolute Gasteiger partial charge is 0.228 e. The summed E-state index contributed by atoms with van der Waals surface area (Å²) in [6.07, 6.45) is 2.41. The van der Waals surface area contributed by atoms with Crippen LogP contribution in [-0.2, 0) is 14.3 Å². The van der Waals surface area contributed by atoms with Crippen LogP contribution in [0, 0.1) is 5.92 Å². The molecule has 22 heavy (non-hydrogen) atoms. The average molecular weight is 322 g/mol. The number of methoxy groups -OCH3 is 1. The van der Waals surface area contributed by atoms with Gasteiger partial charge in [-0.3, -0.25) is 9.59 Å². The first-order valence-corrected chi connectivity index (χ1v) is 8.74. The molecule has 2 aliphatic heterocycles. The van der Waals surface area contributed by atoms with Gasteiger partial charge in [-0.2, -0.15) is 11.3 Å². The van der Waals surface area contributed by atoms with Gasteiger partial charge >= 0.3 is 0 Å². The number of rotatable bonds is 5. The maximum atomic E-state index is 12.8. The van der Waals surface area contributed by atoms with Crippen LogP contribution in [0.5, 0.6) is 0 Å². The van der Waals surface area contributed by atoms with E-state index in [2.05, 4.69) is 16.8 Å². The molecule has 0 spiro atoms. The Morgan fingerprint density at radius 2 is 2.36 bits per heavy atom. The minimum atomic E-state index is -0.191. The molecule has 0 bridgehead atoms. The Morgan fingerprint density at radius 1 is 1.50 bits per heavy atom. The van der Waals surface area contributed by atoms with Crippen molar-refractivity contribution in [3.8, 4) is 0 Å². The van der Waals surface area contributed by atoms with E-state index in [1.165, 1.54) is 5.56 Å². The molecule has 0 N–H and O–H groups in total. The fraction of sp³-hybridized carbons (Fsp3) is 0.625. The first-order valence-electron chi connectivity index (χ1n) is 7.80. The Morgan fingerprint density at radius 3 is 3.09 bits per heavy atom. The molecular formula is C16H22N2O3S. The monoisotopic (exact) mass is 322 g/mol. The summed E-state index contributed by atoms with van der Waals surface area (Å²) in [7, 11) is 1.62. The molecule has 6 heteroatoms. The van der Waals surface area contributed by atoms with Crippen LogP contribution < -0.4 is 0 Å². The summed E-state index contributed by atoms with van der Waals surface area (Å²) in [5.74, 6) is 0.0206. The molecule has 3 heterocycles. The average Bonchev–Trinajstić information content (AvgIpc) is 3.24. The van der Waals surface area contributed by atoms with Crippen LogP contribution in [0.2, 0.25) is 0 Å². The van der Waals surface area contributed by atoms with E-state index in [4.69, 9.17) is 4.74 Å². The van der Waals surface area contributed by atoms with Crippen molar-refractivity contribution in [1.82, 2.24) is 9.80 Å². The third-order valence-corrected chi connectivity index (χ3v) is 5.29. The van der Waals surface area contributed by atoms with Gasteiger partial charge in [0.25, 0.3) is 0 Å². The Kier molecular flexibility index (Phi) is 4.78. The van der Waals surface area contributed by atoms with Gasteiger partial charge in [0.15, 0.2) is 0 Å². The molecule has 0 aromatic carbocycles. The highest BCUT2D eigenvalue weighted by atomic mass is 32.1. The summed E-state index contributed by atoms with van der Waals surface area (Å²) >= 11 is 1.67. The van der Waals surface area contributed by atoms with Gasteiger partial charge in [0.2, 0.25) is 11.8 Å². The minimum Gasteiger partial charge on any atom is -0.383 e. The molecule has 0 aliphatic carbocycles. The largest absolute Gasteiger partial charge is 0.383 e. The van der Waals surface area contributed by atoms with Crippen LogP contribution in [0.4, 0.5) is 0 Å². The predicted octanol–water partition coefficient (Wildman–Crippen LogP) is 1.91. The van der Waals surface area contributed by atoms with Crippen LogP contribution in [-0.4, -0.2) is 55.0 Å². The van der Waals surface area contributed by atoms with Crippen molar-refractivity contribution >= 4 is 23.2 Å². The summed E-state index contributed by atoms with van der Waals surface area (Å²) in [6.45, 7) is 2.44. The Hall–Kier alpha value is -1.40. The fourth-order valence-electron chi connectivity index (χ4n) is 3.43. The van der Waals surface area contributed by atoms with Crippen molar-refractivity contribution in [2.45, 2.75) is 25.3 Å². The van der Waals surface area contributed by atoms with E-state index in [1.807, 2.05) is 4.90 Å². The van der Waals surface area contributed by atoms with Gasteiger partial charge in [-0.15, -0.1) is 0 Å². The SMILES string of the molecule is COCCN1CC(C(=O)N2CCCC2c2ccsc2)CC1=O. The summed E-state index contributed by atoms with van der Waals surface area (Å²) in [6, 6.07) is 2.30. The van der Waals surface area contributed by atoms with Gasteiger partial charge in [0, 0.05) is 33.2 Å². The van der Waals surface area contributed by atoms with Crippen molar-refractivity contribution in [2.75, 3.05) is 33.4 Å². The molecule has 2 aliphatic rings. The van der Waals surface area contributed by atoms with Crippen LogP contribution in [0.1, 0.15) is 30.9 Å². The molecule has 5 nitrogen and oxygen atoms in total. The molecule has 1 aromatic heterocycles. The molecule has 120 valence electrons. The van der Waals surface area contributed by atoms with Gasteiger partial charge < -0.3 is 14.5 Å². The highest BCUT2D eigenvalue weighted by Crippen LogP contribution is 2.35. The third kappa shape index (κ3) is 3.03. The van der Waals surface area contributed by atoms with Crippen molar-refractivity contribution < 1.29 is 14.3 Å². The molecule has 1 aromatic rings. The molecule has 0 saturated carbocycles. The molecule has 2 fully saturated rings. The maximum Gasteiger partial charge on any atom is 0.228 e. The highest BCUT2D eigenvalue weighted by molar-refractivity contribution is 7.07. The van der Waals surface area contributed by atoms with Gasteiger partial charge in [-0.05, 0) is 35.2 Å². The normalized spacial score (nSPS) is 25.2. The van der Waals surface area contributed by atoms with E-state index in [9.17, 15) is 9.59 Å². The van der Waals surface area contributed by atoms with Crippen LogP contribution >= 0.6 is 11.3 Å². The van der Waals surface area contributed by atoms with Crippen LogP contribution in [0.15, 0.2) is 16.8 Å². The molecule has 2 amide bonds. The topological polar surface area (TPSA) is 49.9 Å². The van der Waals surface area contributed by atoms with Crippen molar-refractivity contribution in [3.05, 3.63) is 22.4 Å². The van der Waals surface area contributed by atoms with Crippen molar-refractivity contribution in [2.24, 2.45) is 5.92 Å². The van der Waals surface area contributed by atoms with E-state index in [-0.39, 0.29) is 23.8 Å². The summed E-state index contributed by atoms with van der Waals surface area (Å²) in [5.41, 5.74) is 1.23. The van der Waals surface area contributed by atoms with Crippen LogP contribution in [0.3, 0.4) is 0 Å². The second-order valence-electron chi connectivity index (χ2n) is 5.98. The van der Waals surface area contributed by atoms with Gasteiger partial charge in [0.1, 0.15) is 0 Å². The number of ether oxygens (including phenoxy) is 1. The number of nitrogens with zero attached hydrogens (tertiary/aromatic N) is 2. The van der Waals surface area contributed by atoms with Crippen LogP contribution in [0.25, 0.3) is 0 Å². The van der Waals surface area contributed by atoms with Gasteiger partial charge in [-0.1, -0.05) is 0 Å². The summed E-state index contributed by atoms with van der Waals surface area (Å²) < 4.78 is 5.03. The number of thiophene rings is 1. The zero-order valence-corrected chi connectivity index (χ0v) is 13.7. The first kappa shape index (κ1) is 15.5. The minimum absolute atomic E-state index is 0.0710. The predicted molar refractivity (Wildman–Crippen MR) is 84.6 cm³/mol. The lowest BCUT2D eigenvalue weighted by Gasteiger charge is -2.27. The lowest BCUT2D eigenvalue weighted by molar-refractivity contribution is -0.136. The second kappa shape index (κ2) is 6.79. The molecular weight excluding hydrogens is 300 g/mol. The van der Waals surface area contributed by atoms with E-state index >= 15 is 0 Å². The number of hydrogen-bond donors (Lipinski definition) is 0. The standard InChI is InChI=1S/C16H22N2O3S/c1-21-7-6-17-10-13(9-15(17)19)16(20)18-5-2-3-14(18)12-4-8-22-11-12/h4,8,11,13-14H,2-3,5-7,9-10H2,1H3. The molecule has 2 saturated heterocycles. The molecule has 0 radical (unpaired) electrons. The maximum absolute atomic E-state index is 12.8. The lowest BCUT2D eigenvalue weighted by Crippen LogP contribution is -2.37. The quantitative estimate of drug-likeness (QED) is 0.832. The summed E-state index contributed by atoms with van der Waals surface area (Å²) in [4.78, 5) is 28.6. The Bertz CT molecular complexity index is 532. The van der Waals surface area contributed by atoms with E-state index in [0.29, 0.717) is 26.1 Å². The van der Waals surface area contributed by atoms with Gasteiger partial charge in [-0.25, -0.2) is 0 Å². The number of carbonyl (C=O) groups excluding carboxylic acids is 2. The Balaban J connectivity index is 1.65. The fourth-order valence-corrected chi connectivity index (χ4v) is 4.14. The number of likely N-dealkylation sites (tertiary alicyclic amines) is 2. The van der Waals surface area contributed by atoms with Gasteiger partial charge in [0.05, 0.1) is 18.6 Å². The number of amides is 2. The highest BCUT2D eigenvalue weighted by Gasteiger charge is 2.39. The van der Waals surface area contributed by atoms with E-state index < -0.39 is 0 Å². The zero-order chi connectivity index (χ0) is 15.5. The lowest BCUT2D eigenvalue weighted by atomic mass is 10.0. The van der Waals surface area contributed by atoms with Crippen molar-refractivity contribution in [3.63, 3.8) is 0 Å². The third-order valence-electron chi connectivity index (χ3n) is 4.59. The first-order chi connectivity index (χ1) is 10.7. The zero-order valence-electron chi connectivity index (χ0n) is 12.9. The number of carbonyl (C=O) groups is 2. The molecule has 3 rings (SSSR count). The van der Waals surface area contributed by atoms with Crippen molar-refractivity contribution in [1.29, 1.82) is 0 Å². The molecule has 2 atom stereocenters. The Labute approximate surface area is 134 Å². The second-order valence-corrected chi connectivity index (χ2v) is 6.76. The number of hydrogen-bond acceptors (Lipinski definition) is 4. The summed E-state index contributed by atoms with van der Waals surface area (Å²) in [5, 5.41) is 4.18.